The molecular formula is C9H12N2O2. The largest absolute Gasteiger partial charge is 0.481 e. The van der Waals surface area contributed by atoms with Gasteiger partial charge in [-0.1, -0.05) is 0 Å². The molecule has 0 saturated heterocycles. The Bertz CT molecular complexity index is 339. The van der Waals surface area contributed by atoms with E-state index in [1.165, 1.54) is 0 Å². The molecule has 2 rings (SSSR count). The lowest BCUT2D eigenvalue weighted by molar-refractivity contribution is -0.140. The number of rotatable bonds is 3. The van der Waals surface area contributed by atoms with E-state index < -0.39 is 11.4 Å². The van der Waals surface area contributed by atoms with Crippen LogP contribution in [-0.4, -0.2) is 20.9 Å². The van der Waals surface area contributed by atoms with Crippen LogP contribution in [0.5, 0.6) is 0 Å². The number of nitrogens with zero attached hydrogens (tertiary/aromatic N) is 2. The van der Waals surface area contributed by atoms with Crippen LogP contribution in [0.25, 0.3) is 0 Å². The van der Waals surface area contributed by atoms with Crippen molar-refractivity contribution in [1.82, 2.24) is 9.78 Å². The van der Waals surface area contributed by atoms with Crippen LogP contribution in [0.4, 0.5) is 0 Å². The van der Waals surface area contributed by atoms with Crippen molar-refractivity contribution in [3.63, 3.8) is 0 Å². The summed E-state index contributed by atoms with van der Waals surface area (Å²) in [6.07, 6.45) is 5.00. The van der Waals surface area contributed by atoms with Crippen molar-refractivity contribution < 1.29 is 9.90 Å². The van der Waals surface area contributed by atoms with Gasteiger partial charge in [0.1, 0.15) is 0 Å². The van der Waals surface area contributed by atoms with E-state index >= 15 is 0 Å². The Morgan fingerprint density at radius 2 is 2.46 bits per heavy atom. The molecule has 0 amide bonds. The van der Waals surface area contributed by atoms with Crippen LogP contribution in [0, 0.1) is 0 Å². The highest BCUT2D eigenvalue weighted by molar-refractivity contribution is 5.84. The molecule has 0 unspecified atom stereocenters. The minimum Gasteiger partial charge on any atom is -0.481 e. The van der Waals surface area contributed by atoms with Crippen molar-refractivity contribution in [2.75, 3.05) is 0 Å². The van der Waals surface area contributed by atoms with Crippen molar-refractivity contribution in [2.45, 2.75) is 31.7 Å². The number of carboxylic acid groups (broad SMARTS) is 1. The first kappa shape index (κ1) is 8.29. The third-order valence-electron chi connectivity index (χ3n) is 2.67. The van der Waals surface area contributed by atoms with E-state index in [0.29, 0.717) is 0 Å². The first-order valence-corrected chi connectivity index (χ1v) is 4.45. The third kappa shape index (κ3) is 1.13. The molecule has 1 fully saturated rings. The molecule has 1 aromatic rings. The van der Waals surface area contributed by atoms with Gasteiger partial charge in [0, 0.05) is 18.3 Å². The molecule has 70 valence electrons. The van der Waals surface area contributed by atoms with E-state index in [2.05, 4.69) is 5.10 Å². The fraction of sp³-hybridized carbons (Fsp3) is 0.556. The minimum atomic E-state index is -0.719. The van der Waals surface area contributed by atoms with E-state index in [0.717, 1.165) is 24.9 Å². The van der Waals surface area contributed by atoms with Crippen molar-refractivity contribution in [2.24, 2.45) is 0 Å². The van der Waals surface area contributed by atoms with E-state index in [4.69, 9.17) is 5.11 Å². The highest BCUT2D eigenvalue weighted by atomic mass is 16.4. The van der Waals surface area contributed by atoms with Gasteiger partial charge in [-0.05, 0) is 19.8 Å². The number of hydrogen-bond acceptors (Lipinski definition) is 2. The summed E-state index contributed by atoms with van der Waals surface area (Å²) in [5.41, 5.74) is 0.245. The van der Waals surface area contributed by atoms with Gasteiger partial charge in [0.15, 0.2) is 0 Å². The maximum atomic E-state index is 10.9. The molecule has 0 atom stereocenters. The predicted octanol–water partition coefficient (Wildman–Crippen LogP) is 1.02. The van der Waals surface area contributed by atoms with Crippen LogP contribution in [0.2, 0.25) is 0 Å². The zero-order valence-corrected chi connectivity index (χ0v) is 7.53. The number of carbonyl (C=O) groups is 1. The monoisotopic (exact) mass is 180 g/mol. The van der Waals surface area contributed by atoms with Crippen molar-refractivity contribution in [3.8, 4) is 0 Å². The molecule has 1 heterocycles. The van der Waals surface area contributed by atoms with Crippen LogP contribution in [0.15, 0.2) is 12.4 Å². The summed E-state index contributed by atoms with van der Waals surface area (Å²) in [5.74, 6) is -0.719. The summed E-state index contributed by atoms with van der Waals surface area (Å²) in [6.45, 7) is 2.77. The van der Waals surface area contributed by atoms with E-state index in [1.54, 1.807) is 10.9 Å². The second kappa shape index (κ2) is 2.58. The predicted molar refractivity (Wildman–Crippen MR) is 46.4 cm³/mol. The van der Waals surface area contributed by atoms with Crippen LogP contribution in [-0.2, 0) is 16.8 Å². The maximum absolute atomic E-state index is 10.9. The molecule has 0 radical (unpaired) electrons. The summed E-state index contributed by atoms with van der Waals surface area (Å²) in [5, 5.41) is 13.1. The molecule has 1 aromatic heterocycles. The van der Waals surface area contributed by atoms with E-state index in [1.807, 2.05) is 13.1 Å². The molecule has 1 saturated carbocycles. The Kier molecular flexibility index (Phi) is 1.65. The molecule has 0 spiro atoms. The van der Waals surface area contributed by atoms with Gasteiger partial charge in [-0.3, -0.25) is 9.48 Å². The number of hydrogen-bond donors (Lipinski definition) is 1. The topological polar surface area (TPSA) is 55.1 Å². The van der Waals surface area contributed by atoms with Crippen molar-refractivity contribution in [1.29, 1.82) is 0 Å². The molecule has 0 aromatic carbocycles. The number of carboxylic acids is 1. The molecule has 4 heteroatoms. The fourth-order valence-electron chi connectivity index (χ4n) is 1.53. The van der Waals surface area contributed by atoms with Gasteiger partial charge in [-0.2, -0.15) is 5.10 Å². The highest BCUT2D eigenvalue weighted by Crippen LogP contribution is 2.48. The summed E-state index contributed by atoms with van der Waals surface area (Å²) in [4.78, 5) is 10.9. The second-order valence-corrected chi connectivity index (χ2v) is 3.47. The summed E-state index contributed by atoms with van der Waals surface area (Å²) in [6, 6.07) is 0. The SMILES string of the molecule is CCn1cc(C2(C(=O)O)CC2)cn1. The zero-order chi connectivity index (χ0) is 9.47. The zero-order valence-electron chi connectivity index (χ0n) is 7.53. The molecule has 1 N–H and O–H groups in total. The van der Waals surface area contributed by atoms with Crippen molar-refractivity contribution in [3.05, 3.63) is 18.0 Å². The molecule has 4 nitrogen and oxygen atoms in total. The van der Waals surface area contributed by atoms with E-state index in [-0.39, 0.29) is 0 Å². The number of aromatic nitrogens is 2. The number of aryl methyl sites for hydroxylation is 1. The van der Waals surface area contributed by atoms with E-state index in [9.17, 15) is 4.79 Å². The quantitative estimate of drug-likeness (QED) is 0.755. The van der Waals surface area contributed by atoms with Crippen LogP contribution in [0.1, 0.15) is 25.3 Å². The Hall–Kier alpha value is -1.32. The normalized spacial score (nSPS) is 18.5. The summed E-state index contributed by atoms with van der Waals surface area (Å²) in [7, 11) is 0. The molecular weight excluding hydrogens is 168 g/mol. The lowest BCUT2D eigenvalue weighted by Crippen LogP contribution is -2.18. The molecule has 0 aliphatic heterocycles. The third-order valence-corrected chi connectivity index (χ3v) is 2.67. The molecule has 13 heavy (non-hydrogen) atoms. The van der Waals surface area contributed by atoms with Crippen molar-refractivity contribution >= 4 is 5.97 Å². The lowest BCUT2D eigenvalue weighted by Gasteiger charge is -2.04. The minimum absolute atomic E-state index is 0.604. The Balaban J connectivity index is 2.30. The highest BCUT2D eigenvalue weighted by Gasteiger charge is 2.52. The molecule has 1 aliphatic rings. The molecule has 0 bridgehead atoms. The van der Waals surface area contributed by atoms with Gasteiger partial charge in [-0.15, -0.1) is 0 Å². The maximum Gasteiger partial charge on any atom is 0.314 e. The Labute approximate surface area is 76.2 Å². The van der Waals surface area contributed by atoms with Gasteiger partial charge in [0.25, 0.3) is 0 Å². The Morgan fingerprint density at radius 1 is 1.77 bits per heavy atom. The van der Waals surface area contributed by atoms with Crippen LogP contribution >= 0.6 is 0 Å². The van der Waals surface area contributed by atoms with Crippen LogP contribution in [0.3, 0.4) is 0 Å². The average molecular weight is 180 g/mol. The second-order valence-electron chi connectivity index (χ2n) is 3.47. The lowest BCUT2D eigenvalue weighted by atomic mass is 10.0. The smallest absolute Gasteiger partial charge is 0.314 e. The summed E-state index contributed by atoms with van der Waals surface area (Å²) < 4.78 is 1.76. The first-order chi connectivity index (χ1) is 6.19. The molecule has 1 aliphatic carbocycles. The van der Waals surface area contributed by atoms with Crippen LogP contribution < -0.4 is 0 Å². The first-order valence-electron chi connectivity index (χ1n) is 4.45. The Morgan fingerprint density at radius 3 is 2.85 bits per heavy atom. The number of aliphatic carboxylic acids is 1. The summed E-state index contributed by atoms with van der Waals surface area (Å²) >= 11 is 0. The van der Waals surface area contributed by atoms with Gasteiger partial charge < -0.3 is 5.11 Å². The van der Waals surface area contributed by atoms with Gasteiger partial charge in [0.2, 0.25) is 0 Å². The van der Waals surface area contributed by atoms with Gasteiger partial charge >= 0.3 is 5.97 Å². The van der Waals surface area contributed by atoms with Gasteiger partial charge in [0.05, 0.1) is 11.6 Å². The average Bonchev–Trinajstić information content (AvgIpc) is 2.79. The standard InChI is InChI=1S/C9H12N2O2/c1-2-11-6-7(5-10-11)9(3-4-9)8(12)13/h5-6H,2-4H2,1H3,(H,12,13). The van der Waals surface area contributed by atoms with Gasteiger partial charge in [-0.25, -0.2) is 0 Å². The fourth-order valence-corrected chi connectivity index (χ4v) is 1.53.